The van der Waals surface area contributed by atoms with Crippen LogP contribution < -0.4 is 5.73 Å². The van der Waals surface area contributed by atoms with E-state index in [1.54, 1.807) is 17.8 Å². The quantitative estimate of drug-likeness (QED) is 0.843. The van der Waals surface area contributed by atoms with E-state index in [1.807, 2.05) is 0 Å². The van der Waals surface area contributed by atoms with Crippen molar-refractivity contribution in [3.8, 4) is 10.7 Å². The summed E-state index contributed by atoms with van der Waals surface area (Å²) in [5.74, 6) is 0.928. The molecular formula is C10H12N4S. The van der Waals surface area contributed by atoms with Gasteiger partial charge in [-0.1, -0.05) is 13.8 Å². The van der Waals surface area contributed by atoms with E-state index in [0.717, 1.165) is 16.4 Å². The Morgan fingerprint density at radius 2 is 2.07 bits per heavy atom. The number of aromatic nitrogens is 3. The average molecular weight is 220 g/mol. The zero-order chi connectivity index (χ0) is 10.8. The van der Waals surface area contributed by atoms with Gasteiger partial charge < -0.3 is 5.73 Å². The number of hydrogen-bond donors (Lipinski definition) is 1. The molecule has 5 heteroatoms. The fourth-order valence-electron chi connectivity index (χ4n) is 1.15. The summed E-state index contributed by atoms with van der Waals surface area (Å²) in [5, 5.41) is 2.61. The maximum atomic E-state index is 5.55. The second kappa shape index (κ2) is 3.94. The molecule has 0 saturated heterocycles. The molecule has 0 aromatic carbocycles. The Balaban J connectivity index is 2.31. The lowest BCUT2D eigenvalue weighted by Gasteiger charge is -2.02. The van der Waals surface area contributed by atoms with Gasteiger partial charge in [-0.15, -0.1) is 11.3 Å². The molecule has 2 aromatic rings. The van der Waals surface area contributed by atoms with E-state index in [2.05, 4.69) is 28.8 Å². The van der Waals surface area contributed by atoms with Crippen LogP contribution in [0.5, 0.6) is 0 Å². The van der Waals surface area contributed by atoms with Crippen molar-refractivity contribution in [2.75, 3.05) is 5.73 Å². The monoisotopic (exact) mass is 220 g/mol. The fourth-order valence-corrected chi connectivity index (χ4v) is 1.82. The zero-order valence-corrected chi connectivity index (χ0v) is 9.45. The molecule has 0 aliphatic carbocycles. The van der Waals surface area contributed by atoms with Crippen molar-refractivity contribution in [1.82, 2.24) is 15.0 Å². The number of nitrogens with two attached hydrogens (primary N) is 1. The summed E-state index contributed by atoms with van der Waals surface area (Å²) in [6.07, 6.45) is 3.53. The van der Waals surface area contributed by atoms with Gasteiger partial charge in [0.05, 0.1) is 11.9 Å². The van der Waals surface area contributed by atoms with Crippen LogP contribution in [-0.4, -0.2) is 15.0 Å². The van der Waals surface area contributed by atoms with Crippen LogP contribution in [0, 0.1) is 0 Å². The number of thiazole rings is 1. The molecule has 0 atom stereocenters. The van der Waals surface area contributed by atoms with Crippen molar-refractivity contribution in [2.24, 2.45) is 0 Å². The first kappa shape index (κ1) is 10.0. The van der Waals surface area contributed by atoms with Crippen molar-refractivity contribution in [3.63, 3.8) is 0 Å². The molecule has 15 heavy (non-hydrogen) atoms. The van der Waals surface area contributed by atoms with Gasteiger partial charge in [0.25, 0.3) is 0 Å². The highest BCUT2D eigenvalue weighted by atomic mass is 32.1. The zero-order valence-electron chi connectivity index (χ0n) is 8.64. The van der Waals surface area contributed by atoms with E-state index < -0.39 is 0 Å². The predicted molar refractivity (Wildman–Crippen MR) is 61.6 cm³/mol. The number of anilines is 1. The Morgan fingerprint density at radius 3 is 2.53 bits per heavy atom. The molecule has 2 aromatic heterocycles. The molecule has 0 unspecified atom stereocenters. The Morgan fingerprint density at radius 1 is 1.27 bits per heavy atom. The van der Waals surface area contributed by atoms with Gasteiger partial charge in [0.1, 0.15) is 16.5 Å². The topological polar surface area (TPSA) is 64.7 Å². The maximum Gasteiger partial charge on any atom is 0.145 e. The minimum absolute atomic E-state index is 0.396. The lowest BCUT2D eigenvalue weighted by Crippen LogP contribution is -1.94. The minimum Gasteiger partial charge on any atom is -0.383 e. The molecule has 0 amide bonds. The Bertz CT molecular complexity index is 447. The Labute approximate surface area is 92.2 Å². The number of nitrogens with zero attached hydrogens (tertiary/aromatic N) is 3. The lowest BCUT2D eigenvalue weighted by molar-refractivity contribution is 0.813. The van der Waals surface area contributed by atoms with Gasteiger partial charge in [-0.3, -0.25) is 9.97 Å². The molecule has 2 rings (SSSR count). The number of hydrogen-bond acceptors (Lipinski definition) is 5. The third-order valence-corrected chi connectivity index (χ3v) is 2.89. The predicted octanol–water partition coefficient (Wildman–Crippen LogP) is 2.31. The maximum absolute atomic E-state index is 5.55. The van der Waals surface area contributed by atoms with Crippen LogP contribution >= 0.6 is 11.3 Å². The Hall–Kier alpha value is -1.49. The fraction of sp³-hybridized carbons (Fsp3) is 0.300. The highest BCUT2D eigenvalue weighted by Crippen LogP contribution is 2.22. The van der Waals surface area contributed by atoms with Gasteiger partial charge in [-0.05, 0) is 5.92 Å². The van der Waals surface area contributed by atoms with E-state index in [9.17, 15) is 0 Å². The van der Waals surface area contributed by atoms with Crippen LogP contribution in [0.15, 0.2) is 17.8 Å². The summed E-state index contributed by atoms with van der Waals surface area (Å²) in [6.45, 7) is 4.18. The second-order valence-corrected chi connectivity index (χ2v) is 4.42. The van der Waals surface area contributed by atoms with Crippen molar-refractivity contribution in [2.45, 2.75) is 19.8 Å². The molecule has 2 N–H and O–H groups in total. The summed E-state index contributed by atoms with van der Waals surface area (Å²) >= 11 is 1.48. The summed E-state index contributed by atoms with van der Waals surface area (Å²) in [5.41, 5.74) is 7.31. The van der Waals surface area contributed by atoms with E-state index in [0.29, 0.717) is 11.7 Å². The lowest BCUT2D eigenvalue weighted by atomic mass is 10.1. The molecule has 0 fully saturated rings. The van der Waals surface area contributed by atoms with E-state index >= 15 is 0 Å². The normalized spacial score (nSPS) is 10.9. The van der Waals surface area contributed by atoms with Crippen LogP contribution in [-0.2, 0) is 0 Å². The van der Waals surface area contributed by atoms with Crippen molar-refractivity contribution in [3.05, 3.63) is 23.5 Å². The summed E-state index contributed by atoms with van der Waals surface area (Å²) < 4.78 is 0. The van der Waals surface area contributed by atoms with E-state index in [-0.39, 0.29) is 0 Å². The first-order valence-electron chi connectivity index (χ1n) is 4.70. The number of rotatable bonds is 2. The molecular weight excluding hydrogens is 208 g/mol. The molecule has 78 valence electrons. The molecule has 2 heterocycles. The molecule has 0 spiro atoms. The molecule has 0 aliphatic rings. The molecule has 0 bridgehead atoms. The molecule has 4 nitrogen and oxygen atoms in total. The first-order valence-corrected chi connectivity index (χ1v) is 5.58. The smallest absolute Gasteiger partial charge is 0.145 e. The van der Waals surface area contributed by atoms with Crippen LogP contribution in [0.4, 0.5) is 5.82 Å². The van der Waals surface area contributed by atoms with Crippen LogP contribution in [0.1, 0.15) is 25.5 Å². The van der Waals surface area contributed by atoms with E-state index in [1.165, 1.54) is 11.3 Å². The standard InChI is InChI=1S/C10H12N4S/c1-6(2)7-3-13-8(4-12-7)10-14-9(11)5-15-10/h3-6H,11H2,1-2H3. The molecule has 0 radical (unpaired) electrons. The largest absolute Gasteiger partial charge is 0.383 e. The molecule has 0 saturated carbocycles. The van der Waals surface area contributed by atoms with Gasteiger partial charge in [0, 0.05) is 11.6 Å². The average Bonchev–Trinajstić information content (AvgIpc) is 2.65. The van der Waals surface area contributed by atoms with Gasteiger partial charge in [0.15, 0.2) is 0 Å². The minimum atomic E-state index is 0.396. The van der Waals surface area contributed by atoms with Crippen LogP contribution in [0.3, 0.4) is 0 Å². The molecule has 0 aliphatic heterocycles. The van der Waals surface area contributed by atoms with Crippen molar-refractivity contribution < 1.29 is 0 Å². The van der Waals surface area contributed by atoms with Gasteiger partial charge in [-0.2, -0.15) is 0 Å². The van der Waals surface area contributed by atoms with E-state index in [4.69, 9.17) is 5.73 Å². The highest BCUT2D eigenvalue weighted by molar-refractivity contribution is 7.13. The SMILES string of the molecule is CC(C)c1cnc(-c2nc(N)cs2)cn1. The second-order valence-electron chi connectivity index (χ2n) is 3.56. The Kier molecular flexibility index (Phi) is 2.64. The van der Waals surface area contributed by atoms with Crippen molar-refractivity contribution >= 4 is 17.2 Å². The third kappa shape index (κ3) is 2.12. The highest BCUT2D eigenvalue weighted by Gasteiger charge is 2.06. The van der Waals surface area contributed by atoms with Crippen LogP contribution in [0.25, 0.3) is 10.7 Å². The summed E-state index contributed by atoms with van der Waals surface area (Å²) in [6, 6.07) is 0. The number of nitrogen functional groups attached to an aromatic ring is 1. The first-order chi connectivity index (χ1) is 7.16. The van der Waals surface area contributed by atoms with Gasteiger partial charge in [0.2, 0.25) is 0 Å². The van der Waals surface area contributed by atoms with Gasteiger partial charge >= 0.3 is 0 Å². The summed E-state index contributed by atoms with van der Waals surface area (Å²) in [4.78, 5) is 12.8. The van der Waals surface area contributed by atoms with Gasteiger partial charge in [-0.25, -0.2) is 4.98 Å². The van der Waals surface area contributed by atoms with Crippen molar-refractivity contribution in [1.29, 1.82) is 0 Å². The summed E-state index contributed by atoms with van der Waals surface area (Å²) in [7, 11) is 0. The van der Waals surface area contributed by atoms with Crippen LogP contribution in [0.2, 0.25) is 0 Å². The third-order valence-electron chi connectivity index (χ3n) is 2.00.